The molecule has 15 heavy (non-hydrogen) atoms. The summed E-state index contributed by atoms with van der Waals surface area (Å²) in [5.41, 5.74) is 0. The van der Waals surface area contributed by atoms with Crippen molar-refractivity contribution in [2.45, 2.75) is 38.8 Å². The van der Waals surface area contributed by atoms with Gasteiger partial charge in [-0.15, -0.1) is 5.10 Å². The molecule has 0 saturated heterocycles. The Balaban J connectivity index is 3.00. The first-order chi connectivity index (χ1) is 7.07. The number of hydrogen-bond donors (Lipinski definition) is 2. The van der Waals surface area contributed by atoms with Gasteiger partial charge in [0, 0.05) is 6.42 Å². The van der Waals surface area contributed by atoms with Crippen molar-refractivity contribution < 1.29 is 15.0 Å². The summed E-state index contributed by atoms with van der Waals surface area (Å²) in [5.74, 6) is -0.666. The molecule has 1 heterocycles. The van der Waals surface area contributed by atoms with Gasteiger partial charge in [-0.3, -0.25) is 0 Å². The molecule has 0 aliphatic heterocycles. The topological polar surface area (TPSA) is 101 Å². The van der Waals surface area contributed by atoms with Crippen molar-refractivity contribution >= 4 is 5.97 Å². The Labute approximate surface area is 86.7 Å². The van der Waals surface area contributed by atoms with E-state index in [1.807, 2.05) is 6.92 Å². The predicted molar refractivity (Wildman–Crippen MR) is 50.2 cm³/mol. The highest BCUT2D eigenvalue weighted by Crippen LogP contribution is 2.13. The molecule has 0 saturated carbocycles. The van der Waals surface area contributed by atoms with Gasteiger partial charge in [0.05, 0.1) is 6.10 Å². The van der Waals surface area contributed by atoms with Gasteiger partial charge in [-0.1, -0.05) is 6.92 Å². The molecule has 1 rings (SSSR count). The highest BCUT2D eigenvalue weighted by Gasteiger charge is 2.28. The van der Waals surface area contributed by atoms with Crippen molar-refractivity contribution in [3.63, 3.8) is 0 Å². The normalized spacial score (nSPS) is 14.9. The molecule has 84 valence electrons. The largest absolute Gasteiger partial charge is 0.480 e. The Morgan fingerprint density at radius 1 is 1.60 bits per heavy atom. The van der Waals surface area contributed by atoms with E-state index in [9.17, 15) is 9.90 Å². The lowest BCUT2D eigenvalue weighted by Gasteiger charge is -2.16. The second-order valence-electron chi connectivity index (χ2n) is 3.31. The molecule has 7 heteroatoms. The average Bonchev–Trinajstić information content (AvgIpc) is 2.53. The van der Waals surface area contributed by atoms with Crippen molar-refractivity contribution in [3.05, 3.63) is 5.82 Å². The Bertz CT molecular complexity index is 336. The Kier molecular flexibility index (Phi) is 3.73. The zero-order chi connectivity index (χ0) is 11.4. The third-order valence-electron chi connectivity index (χ3n) is 2.01. The molecule has 0 aliphatic rings. The maximum atomic E-state index is 10.9. The summed E-state index contributed by atoms with van der Waals surface area (Å²) in [5, 5.41) is 29.0. The van der Waals surface area contributed by atoms with Crippen LogP contribution in [-0.2, 0) is 11.2 Å². The van der Waals surface area contributed by atoms with E-state index in [-0.39, 0.29) is 0 Å². The molecular formula is C8H14N4O3. The first-order valence-electron chi connectivity index (χ1n) is 4.75. The van der Waals surface area contributed by atoms with Crippen LogP contribution < -0.4 is 0 Å². The van der Waals surface area contributed by atoms with Crippen LogP contribution in [0.3, 0.4) is 0 Å². The van der Waals surface area contributed by atoms with Crippen LogP contribution in [0.4, 0.5) is 0 Å². The van der Waals surface area contributed by atoms with Crippen LogP contribution in [0.5, 0.6) is 0 Å². The molecule has 2 atom stereocenters. The Morgan fingerprint density at radius 3 is 2.73 bits per heavy atom. The molecule has 7 nitrogen and oxygen atoms in total. The smallest absolute Gasteiger partial charge is 0.331 e. The number of aryl methyl sites for hydroxylation is 1. The van der Waals surface area contributed by atoms with Crippen LogP contribution >= 0.6 is 0 Å². The van der Waals surface area contributed by atoms with Crippen LogP contribution in [0.1, 0.15) is 32.1 Å². The highest BCUT2D eigenvalue weighted by molar-refractivity contribution is 5.72. The van der Waals surface area contributed by atoms with E-state index in [0.717, 1.165) is 11.1 Å². The monoisotopic (exact) mass is 214 g/mol. The van der Waals surface area contributed by atoms with Gasteiger partial charge in [0.15, 0.2) is 11.9 Å². The predicted octanol–water partition coefficient (Wildman–Crippen LogP) is -0.368. The standard InChI is InChI=1S/C8H14N4O3/c1-3-4-6-9-10-11-12(6)7(5(2)13)8(14)15/h5,7,13H,3-4H2,1-2H3,(H,14,15). The lowest BCUT2D eigenvalue weighted by atomic mass is 10.2. The van der Waals surface area contributed by atoms with Gasteiger partial charge in [0.25, 0.3) is 0 Å². The molecule has 2 unspecified atom stereocenters. The molecule has 0 bridgehead atoms. The minimum atomic E-state index is -1.14. The van der Waals surface area contributed by atoms with Gasteiger partial charge in [-0.2, -0.15) is 0 Å². The number of tetrazole rings is 1. The molecule has 0 radical (unpaired) electrons. The average molecular weight is 214 g/mol. The summed E-state index contributed by atoms with van der Waals surface area (Å²) in [6, 6.07) is -1.12. The van der Waals surface area contributed by atoms with Crippen LogP contribution in [0.25, 0.3) is 0 Å². The number of aliphatic hydroxyl groups excluding tert-OH is 1. The minimum Gasteiger partial charge on any atom is -0.480 e. The zero-order valence-corrected chi connectivity index (χ0v) is 8.66. The number of carbonyl (C=O) groups is 1. The molecule has 0 aromatic carbocycles. The second-order valence-corrected chi connectivity index (χ2v) is 3.31. The number of aliphatic carboxylic acids is 1. The van der Waals surface area contributed by atoms with E-state index < -0.39 is 18.1 Å². The zero-order valence-electron chi connectivity index (χ0n) is 8.66. The number of carboxylic acid groups (broad SMARTS) is 1. The Hall–Kier alpha value is -1.50. The van der Waals surface area contributed by atoms with Gasteiger partial charge >= 0.3 is 5.97 Å². The van der Waals surface area contributed by atoms with Gasteiger partial charge < -0.3 is 10.2 Å². The van der Waals surface area contributed by atoms with E-state index in [1.54, 1.807) is 0 Å². The molecule has 1 aromatic rings. The van der Waals surface area contributed by atoms with E-state index >= 15 is 0 Å². The van der Waals surface area contributed by atoms with Crippen LogP contribution in [0, 0.1) is 0 Å². The number of aliphatic hydroxyl groups is 1. The lowest BCUT2D eigenvalue weighted by Crippen LogP contribution is -2.31. The fraction of sp³-hybridized carbons (Fsp3) is 0.750. The van der Waals surface area contributed by atoms with Gasteiger partial charge in [-0.25, -0.2) is 9.48 Å². The lowest BCUT2D eigenvalue weighted by molar-refractivity contribution is -0.144. The number of carboxylic acids is 1. The number of aromatic nitrogens is 4. The van der Waals surface area contributed by atoms with Crippen molar-refractivity contribution in [3.8, 4) is 0 Å². The number of hydrogen-bond acceptors (Lipinski definition) is 5. The van der Waals surface area contributed by atoms with Crippen LogP contribution in [0.2, 0.25) is 0 Å². The van der Waals surface area contributed by atoms with Crippen molar-refractivity contribution in [2.24, 2.45) is 0 Å². The molecule has 0 spiro atoms. The maximum absolute atomic E-state index is 10.9. The summed E-state index contributed by atoms with van der Waals surface area (Å²) in [6.45, 7) is 3.34. The van der Waals surface area contributed by atoms with Crippen molar-refractivity contribution in [1.29, 1.82) is 0 Å². The summed E-state index contributed by atoms with van der Waals surface area (Å²) in [7, 11) is 0. The second kappa shape index (κ2) is 4.83. The highest BCUT2D eigenvalue weighted by atomic mass is 16.4. The molecule has 0 amide bonds. The summed E-state index contributed by atoms with van der Waals surface area (Å²) in [6.07, 6.45) is 0.359. The van der Waals surface area contributed by atoms with Gasteiger partial charge in [-0.05, 0) is 23.8 Å². The number of nitrogens with zero attached hydrogens (tertiary/aromatic N) is 4. The maximum Gasteiger partial charge on any atom is 0.331 e. The summed E-state index contributed by atoms with van der Waals surface area (Å²) >= 11 is 0. The molecule has 2 N–H and O–H groups in total. The van der Waals surface area contributed by atoms with Gasteiger partial charge in [0.2, 0.25) is 0 Å². The van der Waals surface area contributed by atoms with Crippen molar-refractivity contribution in [1.82, 2.24) is 20.2 Å². The van der Waals surface area contributed by atoms with E-state index in [2.05, 4.69) is 15.5 Å². The molecule has 0 aliphatic carbocycles. The van der Waals surface area contributed by atoms with E-state index in [0.29, 0.717) is 12.2 Å². The first-order valence-corrected chi connectivity index (χ1v) is 4.75. The quantitative estimate of drug-likeness (QED) is 0.693. The third kappa shape index (κ3) is 2.50. The molecular weight excluding hydrogens is 200 g/mol. The van der Waals surface area contributed by atoms with Crippen molar-refractivity contribution in [2.75, 3.05) is 0 Å². The summed E-state index contributed by atoms with van der Waals surface area (Å²) in [4.78, 5) is 10.9. The molecule has 1 aromatic heterocycles. The Morgan fingerprint density at radius 2 is 2.27 bits per heavy atom. The van der Waals surface area contributed by atoms with Gasteiger partial charge in [0.1, 0.15) is 0 Å². The SMILES string of the molecule is CCCc1nnnn1C(C(=O)O)C(C)O. The van der Waals surface area contributed by atoms with Crippen LogP contribution in [0.15, 0.2) is 0 Å². The van der Waals surface area contributed by atoms with E-state index in [4.69, 9.17) is 5.11 Å². The molecule has 0 fully saturated rings. The fourth-order valence-electron chi connectivity index (χ4n) is 1.33. The minimum absolute atomic E-state index is 0.478. The fourth-order valence-corrected chi connectivity index (χ4v) is 1.33. The van der Waals surface area contributed by atoms with Crippen LogP contribution in [-0.4, -0.2) is 42.5 Å². The first kappa shape index (κ1) is 11.6. The summed E-state index contributed by atoms with van der Waals surface area (Å²) < 4.78 is 1.16. The third-order valence-corrected chi connectivity index (χ3v) is 2.01. The van der Waals surface area contributed by atoms with E-state index in [1.165, 1.54) is 6.92 Å². The number of rotatable bonds is 5.